The summed E-state index contributed by atoms with van der Waals surface area (Å²) in [6.07, 6.45) is 2.29. The maximum atomic E-state index is 11.0. The van der Waals surface area contributed by atoms with Crippen LogP contribution in [0, 0.1) is 5.92 Å². The molecule has 0 aromatic heterocycles. The Bertz CT molecular complexity index is 170. The molecule has 0 spiro atoms. The molecule has 2 nitrogen and oxygen atoms in total. The lowest BCUT2D eigenvalue weighted by Gasteiger charge is -2.11. The molecule has 0 saturated heterocycles. The lowest BCUT2D eigenvalue weighted by Crippen LogP contribution is -2.16. The number of methoxy groups -OCH3 is 1. The predicted octanol–water partition coefficient (Wildman–Crippen LogP) is 1.93. The molecule has 0 N–H and O–H groups in total. The van der Waals surface area contributed by atoms with E-state index in [1.54, 1.807) is 6.08 Å². The van der Waals surface area contributed by atoms with Crippen molar-refractivity contribution in [3.8, 4) is 0 Å². The summed E-state index contributed by atoms with van der Waals surface area (Å²) in [6, 6.07) is 0. The molecular formula is C9H14O2. The van der Waals surface area contributed by atoms with Gasteiger partial charge >= 0.3 is 5.97 Å². The van der Waals surface area contributed by atoms with E-state index in [1.807, 2.05) is 6.92 Å². The molecule has 0 aliphatic carbocycles. The highest BCUT2D eigenvalue weighted by Gasteiger charge is 2.17. The average molecular weight is 154 g/mol. The molecule has 1 unspecified atom stereocenters. The maximum absolute atomic E-state index is 11.0. The minimum absolute atomic E-state index is 0.225. The third kappa shape index (κ3) is 3.03. The molecule has 0 amide bonds. The molecular weight excluding hydrogens is 140 g/mol. The molecule has 62 valence electrons. The Morgan fingerprint density at radius 2 is 2.27 bits per heavy atom. The average Bonchev–Trinajstić information content (AvgIpc) is 1.98. The normalized spacial score (nSPS) is 11.8. The number of ether oxygens (including phenoxy) is 1. The first-order valence-electron chi connectivity index (χ1n) is 3.47. The summed E-state index contributed by atoms with van der Waals surface area (Å²) in [5.74, 6) is -0.463. The van der Waals surface area contributed by atoms with E-state index in [1.165, 1.54) is 7.11 Å². The van der Waals surface area contributed by atoms with Crippen molar-refractivity contribution >= 4 is 5.97 Å². The number of hydrogen-bond acceptors (Lipinski definition) is 2. The number of rotatable bonds is 4. The molecule has 0 aliphatic rings. The Labute approximate surface area is 67.6 Å². The van der Waals surface area contributed by atoms with Crippen LogP contribution >= 0.6 is 0 Å². The van der Waals surface area contributed by atoms with Gasteiger partial charge in [0.25, 0.3) is 0 Å². The van der Waals surface area contributed by atoms with Crippen molar-refractivity contribution in [3.63, 3.8) is 0 Å². The highest BCUT2D eigenvalue weighted by molar-refractivity contribution is 5.75. The summed E-state index contributed by atoms with van der Waals surface area (Å²) in [6.45, 7) is 9.06. The first kappa shape index (κ1) is 9.95. The van der Waals surface area contributed by atoms with Crippen LogP contribution in [0.15, 0.2) is 24.8 Å². The van der Waals surface area contributed by atoms with Gasteiger partial charge in [-0.2, -0.15) is 0 Å². The van der Waals surface area contributed by atoms with E-state index in [9.17, 15) is 4.79 Å². The van der Waals surface area contributed by atoms with Crippen LogP contribution in [0.1, 0.15) is 13.3 Å². The van der Waals surface area contributed by atoms with Crippen molar-refractivity contribution in [3.05, 3.63) is 24.8 Å². The van der Waals surface area contributed by atoms with Crippen molar-refractivity contribution in [2.45, 2.75) is 13.3 Å². The van der Waals surface area contributed by atoms with Gasteiger partial charge in [0.05, 0.1) is 13.0 Å². The van der Waals surface area contributed by atoms with Crippen LogP contribution in [-0.2, 0) is 9.53 Å². The maximum Gasteiger partial charge on any atom is 0.313 e. The minimum atomic E-state index is -0.239. The second-order valence-corrected chi connectivity index (χ2v) is 2.45. The summed E-state index contributed by atoms with van der Waals surface area (Å²) in [5.41, 5.74) is 0.816. The fraction of sp³-hybridized carbons (Fsp3) is 0.444. The summed E-state index contributed by atoms with van der Waals surface area (Å²) in [4.78, 5) is 11.0. The summed E-state index contributed by atoms with van der Waals surface area (Å²) in [7, 11) is 1.38. The van der Waals surface area contributed by atoms with Crippen molar-refractivity contribution in [2.75, 3.05) is 7.11 Å². The molecule has 0 saturated carbocycles. The summed E-state index contributed by atoms with van der Waals surface area (Å²) >= 11 is 0. The van der Waals surface area contributed by atoms with E-state index in [-0.39, 0.29) is 11.9 Å². The first-order chi connectivity index (χ1) is 5.13. The zero-order valence-electron chi connectivity index (χ0n) is 7.09. The Morgan fingerprint density at radius 3 is 2.55 bits per heavy atom. The number of hydrogen-bond donors (Lipinski definition) is 0. The molecule has 2 heteroatoms. The zero-order chi connectivity index (χ0) is 8.85. The number of esters is 1. The molecule has 0 rings (SSSR count). The Hall–Kier alpha value is -1.05. The van der Waals surface area contributed by atoms with Gasteiger partial charge in [-0.3, -0.25) is 4.79 Å². The third-order valence-electron chi connectivity index (χ3n) is 1.48. The van der Waals surface area contributed by atoms with Crippen LogP contribution in [0.2, 0.25) is 0 Å². The topological polar surface area (TPSA) is 26.3 Å². The van der Waals surface area contributed by atoms with Crippen molar-refractivity contribution in [2.24, 2.45) is 5.92 Å². The quantitative estimate of drug-likeness (QED) is 0.457. The summed E-state index contributed by atoms with van der Waals surface area (Å²) in [5, 5.41) is 0. The Morgan fingerprint density at radius 1 is 1.73 bits per heavy atom. The molecule has 1 atom stereocenters. The first-order valence-corrected chi connectivity index (χ1v) is 3.47. The summed E-state index contributed by atoms with van der Waals surface area (Å²) < 4.78 is 4.58. The molecule has 0 fully saturated rings. The van der Waals surface area contributed by atoms with E-state index in [0.29, 0.717) is 6.42 Å². The van der Waals surface area contributed by atoms with Gasteiger partial charge < -0.3 is 4.74 Å². The molecule has 0 heterocycles. The largest absolute Gasteiger partial charge is 0.469 e. The highest BCUT2D eigenvalue weighted by atomic mass is 16.5. The van der Waals surface area contributed by atoms with Gasteiger partial charge in [0.15, 0.2) is 0 Å². The van der Waals surface area contributed by atoms with Gasteiger partial charge in [-0.25, -0.2) is 0 Å². The molecule has 0 aromatic carbocycles. The van der Waals surface area contributed by atoms with E-state index in [0.717, 1.165) is 5.57 Å². The van der Waals surface area contributed by atoms with Crippen molar-refractivity contribution < 1.29 is 9.53 Å². The van der Waals surface area contributed by atoms with Crippen LogP contribution in [0.4, 0.5) is 0 Å². The van der Waals surface area contributed by atoms with E-state index in [4.69, 9.17) is 0 Å². The monoisotopic (exact) mass is 154 g/mol. The van der Waals surface area contributed by atoms with E-state index in [2.05, 4.69) is 17.9 Å². The second kappa shape index (κ2) is 4.72. The lowest BCUT2D eigenvalue weighted by atomic mass is 9.99. The minimum Gasteiger partial charge on any atom is -0.469 e. The number of carbonyl (C=O) groups is 1. The highest BCUT2D eigenvalue weighted by Crippen LogP contribution is 2.14. The van der Waals surface area contributed by atoms with Gasteiger partial charge in [0.2, 0.25) is 0 Å². The van der Waals surface area contributed by atoms with Gasteiger partial charge in [-0.15, -0.1) is 6.58 Å². The number of carbonyl (C=O) groups excluding carboxylic acids is 1. The molecule has 0 bridgehead atoms. The smallest absolute Gasteiger partial charge is 0.313 e. The molecule has 0 radical (unpaired) electrons. The van der Waals surface area contributed by atoms with E-state index < -0.39 is 0 Å². The molecule has 11 heavy (non-hydrogen) atoms. The van der Waals surface area contributed by atoms with Crippen LogP contribution in [0.5, 0.6) is 0 Å². The van der Waals surface area contributed by atoms with E-state index >= 15 is 0 Å². The Balaban J connectivity index is 4.20. The van der Waals surface area contributed by atoms with Gasteiger partial charge in [0, 0.05) is 0 Å². The Kier molecular flexibility index (Phi) is 4.27. The molecule has 0 aromatic rings. The van der Waals surface area contributed by atoms with Crippen LogP contribution in [-0.4, -0.2) is 13.1 Å². The van der Waals surface area contributed by atoms with Crippen molar-refractivity contribution in [1.29, 1.82) is 0 Å². The number of allylic oxidation sites excluding steroid dienone is 1. The fourth-order valence-corrected chi connectivity index (χ4v) is 0.808. The van der Waals surface area contributed by atoms with Crippen molar-refractivity contribution in [1.82, 2.24) is 0 Å². The van der Waals surface area contributed by atoms with Crippen LogP contribution < -0.4 is 0 Å². The third-order valence-corrected chi connectivity index (χ3v) is 1.48. The van der Waals surface area contributed by atoms with Crippen LogP contribution in [0.25, 0.3) is 0 Å². The van der Waals surface area contributed by atoms with Gasteiger partial charge in [-0.05, 0) is 13.3 Å². The second-order valence-electron chi connectivity index (χ2n) is 2.45. The fourth-order valence-electron chi connectivity index (χ4n) is 0.808. The molecule has 0 aliphatic heterocycles. The van der Waals surface area contributed by atoms with Gasteiger partial charge in [0.1, 0.15) is 0 Å². The lowest BCUT2D eigenvalue weighted by molar-refractivity contribution is -0.143. The van der Waals surface area contributed by atoms with Gasteiger partial charge in [-0.1, -0.05) is 18.2 Å². The standard InChI is InChI=1S/C9H14O2/c1-5-6-8(7(2)3)9(10)11-4/h5,8H,1-2,6H2,3-4H3. The SMILES string of the molecule is C=CCC(C(=C)C)C(=O)OC. The van der Waals surface area contributed by atoms with Crippen LogP contribution in [0.3, 0.4) is 0 Å². The predicted molar refractivity (Wildman–Crippen MR) is 45.1 cm³/mol. The zero-order valence-corrected chi connectivity index (χ0v) is 7.09.